The Kier molecular flexibility index (Phi) is 3.71. The quantitative estimate of drug-likeness (QED) is 0.355. The number of thioether (sulfide) groups is 1. The Morgan fingerprint density at radius 2 is 1.93 bits per heavy atom. The number of benzene rings is 2. The first kappa shape index (κ1) is 17.0. The Morgan fingerprint density at radius 3 is 2.90 bits per heavy atom. The van der Waals surface area contributed by atoms with E-state index in [0.717, 1.165) is 32.7 Å². The molecule has 0 bridgehead atoms. The molecule has 10 heteroatoms. The second-order valence-electron chi connectivity index (χ2n) is 6.87. The van der Waals surface area contributed by atoms with Gasteiger partial charge in [0, 0.05) is 21.5 Å². The summed E-state index contributed by atoms with van der Waals surface area (Å²) in [5.74, 6) is 1.61. The van der Waals surface area contributed by atoms with Crippen molar-refractivity contribution in [3.05, 3.63) is 48.8 Å². The molecule has 9 nitrogen and oxygen atoms in total. The molecule has 1 amide bonds. The summed E-state index contributed by atoms with van der Waals surface area (Å²) >= 11 is 1.53. The number of rotatable bonds is 3. The average Bonchev–Trinajstić information content (AvgIpc) is 3.42. The second kappa shape index (κ2) is 6.56. The maximum absolute atomic E-state index is 11.7. The van der Waals surface area contributed by atoms with E-state index in [2.05, 4.69) is 36.0 Å². The van der Waals surface area contributed by atoms with Gasteiger partial charge in [0.15, 0.2) is 11.6 Å². The van der Waals surface area contributed by atoms with E-state index in [9.17, 15) is 4.79 Å². The van der Waals surface area contributed by atoms with E-state index in [1.54, 1.807) is 12.4 Å². The molecule has 0 fully saturated rings. The van der Waals surface area contributed by atoms with Crippen molar-refractivity contribution in [2.75, 3.05) is 16.4 Å². The van der Waals surface area contributed by atoms with Crippen LogP contribution in [0.1, 0.15) is 0 Å². The SMILES string of the molecule is O=C1CSc2ccc(Nc3nc(-c4ccc5cn[nH]c5c4)nc4cn[nH]c34)cc2N1. The highest BCUT2D eigenvalue weighted by Gasteiger charge is 2.17. The summed E-state index contributed by atoms with van der Waals surface area (Å²) in [7, 11) is 0. The molecule has 4 heterocycles. The second-order valence-corrected chi connectivity index (χ2v) is 7.89. The lowest BCUT2D eigenvalue weighted by atomic mass is 10.1. The van der Waals surface area contributed by atoms with Gasteiger partial charge < -0.3 is 10.6 Å². The number of nitrogens with zero attached hydrogens (tertiary/aromatic N) is 4. The Bertz CT molecular complexity index is 1440. The van der Waals surface area contributed by atoms with Gasteiger partial charge in [-0.3, -0.25) is 15.0 Å². The number of aromatic nitrogens is 6. The molecule has 5 aromatic rings. The number of H-pyrrole nitrogens is 2. The normalized spacial score (nSPS) is 13.4. The third-order valence-corrected chi connectivity index (χ3v) is 5.95. The van der Waals surface area contributed by atoms with Crippen LogP contribution in [0.4, 0.5) is 17.2 Å². The standard InChI is InChI=1S/C20H14N8OS/c29-17-9-30-16-4-3-12(6-14(16)24-17)23-20-18-15(8-22-28-18)25-19(26-20)10-1-2-11-7-21-27-13(11)5-10/h1-8H,9H2,(H,21,27)(H,22,28)(H,24,29)(H,23,25,26). The molecule has 2 aromatic carbocycles. The predicted octanol–water partition coefficient (Wildman–Crippen LogP) is 3.68. The van der Waals surface area contributed by atoms with Crippen molar-refractivity contribution >= 4 is 56.8 Å². The molecule has 0 radical (unpaired) electrons. The number of carbonyl (C=O) groups is 1. The molecule has 3 aromatic heterocycles. The minimum absolute atomic E-state index is 0.000806. The van der Waals surface area contributed by atoms with E-state index in [4.69, 9.17) is 4.98 Å². The van der Waals surface area contributed by atoms with Gasteiger partial charge in [0.2, 0.25) is 5.91 Å². The van der Waals surface area contributed by atoms with Gasteiger partial charge >= 0.3 is 0 Å². The lowest BCUT2D eigenvalue weighted by Crippen LogP contribution is -2.18. The van der Waals surface area contributed by atoms with Crippen LogP contribution in [0.25, 0.3) is 33.3 Å². The molecule has 1 aliphatic heterocycles. The monoisotopic (exact) mass is 414 g/mol. The number of aromatic amines is 2. The highest BCUT2D eigenvalue weighted by atomic mass is 32.2. The molecule has 1 aliphatic rings. The van der Waals surface area contributed by atoms with Gasteiger partial charge in [-0.15, -0.1) is 11.8 Å². The van der Waals surface area contributed by atoms with Crippen molar-refractivity contribution in [1.82, 2.24) is 30.4 Å². The Balaban J connectivity index is 1.42. The highest BCUT2D eigenvalue weighted by Crippen LogP contribution is 2.35. The molecular weight excluding hydrogens is 400 g/mol. The topological polar surface area (TPSA) is 124 Å². The zero-order chi connectivity index (χ0) is 20.1. The minimum Gasteiger partial charge on any atom is -0.338 e. The summed E-state index contributed by atoms with van der Waals surface area (Å²) in [4.78, 5) is 22.1. The summed E-state index contributed by atoms with van der Waals surface area (Å²) in [6, 6.07) is 11.8. The first-order valence-corrected chi connectivity index (χ1v) is 10.2. The number of amides is 1. The van der Waals surface area contributed by atoms with Gasteiger partial charge in [-0.05, 0) is 24.3 Å². The fourth-order valence-corrected chi connectivity index (χ4v) is 4.22. The molecule has 0 atom stereocenters. The number of nitrogens with one attached hydrogen (secondary N) is 4. The van der Waals surface area contributed by atoms with Crippen LogP contribution in [-0.4, -0.2) is 42.0 Å². The molecular formula is C20H14N8OS. The van der Waals surface area contributed by atoms with Gasteiger partial charge in [0.05, 0.1) is 29.4 Å². The van der Waals surface area contributed by atoms with Crippen LogP contribution in [0.15, 0.2) is 53.7 Å². The van der Waals surface area contributed by atoms with E-state index in [-0.39, 0.29) is 5.91 Å². The fourth-order valence-electron chi connectivity index (χ4n) is 3.43. The fraction of sp³-hybridized carbons (Fsp3) is 0.0500. The minimum atomic E-state index is -0.000806. The van der Waals surface area contributed by atoms with Gasteiger partial charge in [-0.25, -0.2) is 9.97 Å². The van der Waals surface area contributed by atoms with Crippen molar-refractivity contribution in [3.8, 4) is 11.4 Å². The molecule has 6 rings (SSSR count). The van der Waals surface area contributed by atoms with Crippen molar-refractivity contribution in [3.63, 3.8) is 0 Å². The van der Waals surface area contributed by atoms with E-state index >= 15 is 0 Å². The molecule has 0 spiro atoms. The van der Waals surface area contributed by atoms with Gasteiger partial charge in [0.1, 0.15) is 11.0 Å². The van der Waals surface area contributed by atoms with Crippen LogP contribution in [0.3, 0.4) is 0 Å². The van der Waals surface area contributed by atoms with Crippen molar-refractivity contribution in [2.24, 2.45) is 0 Å². The zero-order valence-corrected chi connectivity index (χ0v) is 16.2. The third kappa shape index (κ3) is 2.85. The summed E-state index contributed by atoms with van der Waals surface area (Å²) in [6.07, 6.45) is 3.45. The van der Waals surface area contributed by atoms with Crippen LogP contribution in [-0.2, 0) is 4.79 Å². The van der Waals surface area contributed by atoms with Gasteiger partial charge in [-0.1, -0.05) is 12.1 Å². The van der Waals surface area contributed by atoms with Crippen LogP contribution in [0, 0.1) is 0 Å². The van der Waals surface area contributed by atoms with Crippen molar-refractivity contribution in [1.29, 1.82) is 0 Å². The highest BCUT2D eigenvalue weighted by molar-refractivity contribution is 8.00. The molecule has 146 valence electrons. The number of fused-ring (bicyclic) bond motifs is 3. The summed E-state index contributed by atoms with van der Waals surface area (Å²) in [6.45, 7) is 0. The first-order chi connectivity index (χ1) is 14.7. The predicted molar refractivity (Wildman–Crippen MR) is 116 cm³/mol. The number of carbonyl (C=O) groups excluding carboxylic acids is 1. The summed E-state index contributed by atoms with van der Waals surface area (Å²) in [5, 5.41) is 21.4. The Labute approximate surface area is 173 Å². The maximum Gasteiger partial charge on any atom is 0.234 e. The largest absolute Gasteiger partial charge is 0.338 e. The van der Waals surface area contributed by atoms with Crippen molar-refractivity contribution in [2.45, 2.75) is 4.90 Å². The maximum atomic E-state index is 11.7. The lowest BCUT2D eigenvalue weighted by molar-refractivity contribution is -0.113. The average molecular weight is 414 g/mol. The zero-order valence-electron chi connectivity index (χ0n) is 15.4. The molecule has 0 aliphatic carbocycles. The van der Waals surface area contributed by atoms with Gasteiger partial charge in [0.25, 0.3) is 0 Å². The van der Waals surface area contributed by atoms with E-state index in [1.807, 2.05) is 36.4 Å². The molecule has 0 saturated carbocycles. The number of hydrogen-bond donors (Lipinski definition) is 4. The Morgan fingerprint density at radius 1 is 1.00 bits per heavy atom. The van der Waals surface area contributed by atoms with Crippen LogP contribution in [0.2, 0.25) is 0 Å². The lowest BCUT2D eigenvalue weighted by Gasteiger charge is -2.17. The van der Waals surface area contributed by atoms with Crippen LogP contribution >= 0.6 is 11.8 Å². The van der Waals surface area contributed by atoms with Crippen LogP contribution in [0.5, 0.6) is 0 Å². The van der Waals surface area contributed by atoms with E-state index in [0.29, 0.717) is 28.4 Å². The molecule has 30 heavy (non-hydrogen) atoms. The third-order valence-electron chi connectivity index (χ3n) is 4.88. The van der Waals surface area contributed by atoms with E-state index < -0.39 is 0 Å². The molecule has 0 unspecified atom stereocenters. The summed E-state index contributed by atoms with van der Waals surface area (Å²) < 4.78 is 0. The molecule has 0 saturated heterocycles. The smallest absolute Gasteiger partial charge is 0.234 e. The summed E-state index contributed by atoms with van der Waals surface area (Å²) in [5.41, 5.74) is 4.79. The van der Waals surface area contributed by atoms with Gasteiger partial charge in [-0.2, -0.15) is 10.2 Å². The molecule has 4 N–H and O–H groups in total. The van der Waals surface area contributed by atoms with Crippen molar-refractivity contribution < 1.29 is 4.79 Å². The number of hydrogen-bond acceptors (Lipinski definition) is 7. The van der Waals surface area contributed by atoms with E-state index in [1.165, 1.54) is 11.8 Å². The van der Waals surface area contributed by atoms with Crippen LogP contribution < -0.4 is 10.6 Å². The first-order valence-electron chi connectivity index (χ1n) is 9.21. The Hall–Kier alpha value is -3.92. The number of anilines is 3.